The normalized spacial score (nSPS) is 29.1. The van der Waals surface area contributed by atoms with Gasteiger partial charge in [-0.3, -0.25) is 14.4 Å². The summed E-state index contributed by atoms with van der Waals surface area (Å²) in [5, 5.41) is 3.22. The predicted octanol–water partition coefficient (Wildman–Crippen LogP) is 4.11. The van der Waals surface area contributed by atoms with Gasteiger partial charge < -0.3 is 19.5 Å². The Balaban J connectivity index is 1.35. The Labute approximate surface area is 209 Å². The van der Waals surface area contributed by atoms with Crippen LogP contribution in [0.4, 0.5) is 0 Å². The van der Waals surface area contributed by atoms with Crippen LogP contribution in [0.15, 0.2) is 22.8 Å². The molecule has 2 heterocycles. The lowest BCUT2D eigenvalue weighted by Gasteiger charge is -2.37. The fraction of sp³-hybridized carbons (Fsp3) is 0.750. The lowest BCUT2D eigenvalue weighted by atomic mass is 9.73. The van der Waals surface area contributed by atoms with Crippen LogP contribution in [0.2, 0.25) is 0 Å². The van der Waals surface area contributed by atoms with Gasteiger partial charge in [0.1, 0.15) is 0 Å². The highest BCUT2D eigenvalue weighted by Crippen LogP contribution is 2.47. The zero-order valence-corrected chi connectivity index (χ0v) is 21.5. The molecule has 1 saturated heterocycles. The number of amides is 1. The highest BCUT2D eigenvalue weighted by molar-refractivity contribution is 5.97. The van der Waals surface area contributed by atoms with E-state index in [1.165, 1.54) is 18.3 Å². The average molecular weight is 488 g/mol. The Hall–Kier alpha value is -2.15. The zero-order chi connectivity index (χ0) is 25.0. The van der Waals surface area contributed by atoms with Gasteiger partial charge in [-0.2, -0.15) is 0 Å². The summed E-state index contributed by atoms with van der Waals surface area (Å²) in [5.74, 6) is -0.143. The number of hydrogen-bond donors (Lipinski definition) is 1. The molecule has 1 N–H and O–H groups in total. The van der Waals surface area contributed by atoms with Crippen LogP contribution in [0.25, 0.3) is 0 Å². The molecule has 2 aliphatic heterocycles. The Morgan fingerprint density at radius 1 is 1.14 bits per heavy atom. The van der Waals surface area contributed by atoms with Gasteiger partial charge in [0.05, 0.1) is 25.6 Å². The van der Waals surface area contributed by atoms with Crippen molar-refractivity contribution in [3.63, 3.8) is 0 Å². The molecule has 2 fully saturated rings. The third kappa shape index (κ3) is 5.82. The number of methoxy groups -OCH3 is 1. The Kier molecular flexibility index (Phi) is 8.35. The molecule has 2 aliphatic carbocycles. The van der Waals surface area contributed by atoms with E-state index in [1.807, 2.05) is 0 Å². The maximum atomic E-state index is 13.1. The lowest BCUT2D eigenvalue weighted by Crippen LogP contribution is -2.40. The number of nitrogens with one attached hydrogen (secondary N) is 1. The summed E-state index contributed by atoms with van der Waals surface area (Å²) in [5.41, 5.74) is 3.52. The van der Waals surface area contributed by atoms with Gasteiger partial charge in [0.2, 0.25) is 5.91 Å². The van der Waals surface area contributed by atoms with Gasteiger partial charge in [0, 0.05) is 31.2 Å². The van der Waals surface area contributed by atoms with Gasteiger partial charge in [-0.1, -0.05) is 19.9 Å². The first kappa shape index (κ1) is 25.9. The van der Waals surface area contributed by atoms with Crippen LogP contribution < -0.4 is 5.32 Å². The number of ether oxygens (including phenoxy) is 3. The first-order valence-electron chi connectivity index (χ1n) is 13.4. The third-order valence-corrected chi connectivity index (χ3v) is 8.57. The summed E-state index contributed by atoms with van der Waals surface area (Å²) < 4.78 is 16.2. The molecular weight excluding hydrogens is 446 g/mol. The molecular formula is C28H41NO6. The lowest BCUT2D eigenvalue weighted by molar-refractivity contribution is -0.154. The number of allylic oxidation sites excluding steroid dienone is 3. The summed E-state index contributed by atoms with van der Waals surface area (Å²) in [7, 11) is 1.41. The van der Waals surface area contributed by atoms with Gasteiger partial charge >= 0.3 is 11.9 Å². The Morgan fingerprint density at radius 2 is 1.80 bits per heavy atom. The van der Waals surface area contributed by atoms with E-state index in [9.17, 15) is 14.4 Å². The van der Waals surface area contributed by atoms with Crippen LogP contribution in [0, 0.1) is 29.1 Å². The number of esters is 2. The topological polar surface area (TPSA) is 90.9 Å². The van der Waals surface area contributed by atoms with E-state index < -0.39 is 0 Å². The largest absolute Gasteiger partial charge is 0.469 e. The minimum absolute atomic E-state index is 0.0749. The molecule has 1 amide bonds. The molecule has 194 valence electrons. The van der Waals surface area contributed by atoms with Gasteiger partial charge in [-0.15, -0.1) is 0 Å². The van der Waals surface area contributed by atoms with Crippen molar-refractivity contribution in [2.45, 2.75) is 71.6 Å². The molecule has 0 bridgehead atoms. The molecule has 1 saturated carbocycles. The van der Waals surface area contributed by atoms with E-state index in [0.29, 0.717) is 32.3 Å². The SMILES string of the molecule is CCC1C=C(C[C@@H](C)COC(=O)C2CCC(C(=O)OC)CC2)C2=C1C(=O)NCC1(CCOCC1)C2. The maximum Gasteiger partial charge on any atom is 0.308 e. The van der Waals surface area contributed by atoms with E-state index in [-0.39, 0.29) is 46.9 Å². The first-order valence-corrected chi connectivity index (χ1v) is 13.4. The number of carbonyl (C=O) groups is 3. The highest BCUT2D eigenvalue weighted by Gasteiger charge is 2.42. The second-order valence-electron chi connectivity index (χ2n) is 11.1. The maximum absolute atomic E-state index is 13.1. The minimum Gasteiger partial charge on any atom is -0.469 e. The summed E-state index contributed by atoms with van der Waals surface area (Å²) in [4.78, 5) is 37.5. The van der Waals surface area contributed by atoms with Crippen LogP contribution in [0.5, 0.6) is 0 Å². The van der Waals surface area contributed by atoms with E-state index >= 15 is 0 Å². The minimum atomic E-state index is -0.177. The molecule has 35 heavy (non-hydrogen) atoms. The van der Waals surface area contributed by atoms with E-state index in [1.54, 1.807) is 0 Å². The molecule has 7 heteroatoms. The summed E-state index contributed by atoms with van der Waals surface area (Å²) in [6.07, 6.45) is 9.57. The van der Waals surface area contributed by atoms with Crippen LogP contribution in [-0.4, -0.2) is 51.3 Å². The van der Waals surface area contributed by atoms with Crippen molar-refractivity contribution in [2.75, 3.05) is 33.5 Å². The molecule has 0 aromatic rings. The molecule has 1 spiro atoms. The monoisotopic (exact) mass is 487 g/mol. The van der Waals surface area contributed by atoms with Gasteiger partial charge in [0.25, 0.3) is 0 Å². The second kappa shape index (κ2) is 11.3. The van der Waals surface area contributed by atoms with Gasteiger partial charge in [0.15, 0.2) is 0 Å². The molecule has 4 aliphatic rings. The van der Waals surface area contributed by atoms with Crippen molar-refractivity contribution in [3.05, 3.63) is 22.8 Å². The van der Waals surface area contributed by atoms with Crippen LogP contribution >= 0.6 is 0 Å². The summed E-state index contributed by atoms with van der Waals surface area (Å²) >= 11 is 0. The van der Waals surface area contributed by atoms with Crippen molar-refractivity contribution in [3.8, 4) is 0 Å². The van der Waals surface area contributed by atoms with Crippen molar-refractivity contribution in [1.29, 1.82) is 0 Å². The number of carbonyl (C=O) groups excluding carboxylic acids is 3. The molecule has 2 atom stereocenters. The van der Waals surface area contributed by atoms with E-state index in [2.05, 4.69) is 25.2 Å². The second-order valence-corrected chi connectivity index (χ2v) is 11.1. The number of hydrogen-bond acceptors (Lipinski definition) is 6. The fourth-order valence-electron chi connectivity index (χ4n) is 6.32. The van der Waals surface area contributed by atoms with Crippen molar-refractivity contribution in [1.82, 2.24) is 5.32 Å². The zero-order valence-electron chi connectivity index (χ0n) is 21.5. The van der Waals surface area contributed by atoms with Crippen molar-refractivity contribution < 1.29 is 28.6 Å². The van der Waals surface area contributed by atoms with E-state index in [4.69, 9.17) is 14.2 Å². The Bertz CT molecular complexity index is 876. The summed E-state index contributed by atoms with van der Waals surface area (Å²) in [6.45, 7) is 6.85. The molecule has 4 rings (SSSR count). The average Bonchev–Trinajstić information content (AvgIpc) is 3.15. The highest BCUT2D eigenvalue weighted by atomic mass is 16.5. The molecule has 0 radical (unpaired) electrons. The molecule has 1 unspecified atom stereocenters. The first-order chi connectivity index (χ1) is 16.9. The molecule has 0 aromatic carbocycles. The van der Waals surface area contributed by atoms with Gasteiger partial charge in [-0.25, -0.2) is 0 Å². The van der Waals surface area contributed by atoms with Gasteiger partial charge in [-0.05, 0) is 80.3 Å². The van der Waals surface area contributed by atoms with E-state index in [0.717, 1.165) is 57.4 Å². The fourth-order valence-corrected chi connectivity index (χ4v) is 6.32. The quantitative estimate of drug-likeness (QED) is 0.544. The summed E-state index contributed by atoms with van der Waals surface area (Å²) in [6, 6.07) is 0. The third-order valence-electron chi connectivity index (χ3n) is 8.57. The number of rotatable bonds is 7. The predicted molar refractivity (Wildman–Crippen MR) is 131 cm³/mol. The van der Waals surface area contributed by atoms with Crippen LogP contribution in [0.3, 0.4) is 0 Å². The molecule has 0 aromatic heterocycles. The smallest absolute Gasteiger partial charge is 0.308 e. The van der Waals surface area contributed by atoms with Crippen molar-refractivity contribution >= 4 is 17.8 Å². The van der Waals surface area contributed by atoms with Crippen LogP contribution in [-0.2, 0) is 28.6 Å². The molecule has 7 nitrogen and oxygen atoms in total. The Morgan fingerprint density at radius 3 is 2.43 bits per heavy atom. The standard InChI is InChI=1S/C28H41NO6/c1-4-19-14-22(23-15-28(9-11-34-12-10-28)17-29-25(30)24(19)23)13-18(2)16-35-27(32)21-7-5-20(6-8-21)26(31)33-3/h14,18-21H,4-13,15-17H2,1-3H3,(H,29,30)/t18-,19?,20?,21?/m1/s1. The van der Waals surface area contributed by atoms with Crippen LogP contribution in [0.1, 0.15) is 71.6 Å². The van der Waals surface area contributed by atoms with Crippen molar-refractivity contribution in [2.24, 2.45) is 29.1 Å².